The van der Waals surface area contributed by atoms with Crippen molar-refractivity contribution in [2.75, 3.05) is 0 Å². The van der Waals surface area contributed by atoms with Crippen LogP contribution in [0.1, 0.15) is 33.1 Å². The summed E-state index contributed by atoms with van der Waals surface area (Å²) in [6.45, 7) is 3.80. The molecule has 0 aromatic heterocycles. The van der Waals surface area contributed by atoms with Gasteiger partial charge in [-0.2, -0.15) is 4.31 Å². The first-order chi connectivity index (χ1) is 7.06. The minimum Gasteiger partial charge on any atom is -0.356 e. The molecule has 1 heterocycles. The predicted molar refractivity (Wildman–Crippen MR) is 57.9 cm³/mol. The molecule has 1 fully saturated rings. The number of thiol groups is 1. The Bertz CT molecular complexity index is 285. The van der Waals surface area contributed by atoms with Crippen molar-refractivity contribution >= 4 is 17.3 Å². The highest BCUT2D eigenvalue weighted by molar-refractivity contribution is 7.69. The normalized spacial score (nSPS) is 29.3. The summed E-state index contributed by atoms with van der Waals surface area (Å²) in [6, 6.07) is 0.165. The Morgan fingerprint density at radius 2 is 2.20 bits per heavy atom. The average Bonchev–Trinajstić information content (AvgIpc) is 2.47. The number of nitrogens with one attached hydrogen (secondary N) is 1. The molecule has 0 spiro atoms. The Morgan fingerprint density at radius 1 is 1.53 bits per heavy atom. The minimum absolute atomic E-state index is 0.0234. The van der Waals surface area contributed by atoms with E-state index in [9.17, 15) is 13.2 Å². The van der Waals surface area contributed by atoms with Crippen LogP contribution in [0.4, 0.5) is 0 Å². The highest BCUT2D eigenvalue weighted by atomic mass is 32.2. The van der Waals surface area contributed by atoms with Crippen LogP contribution in [0.3, 0.4) is 0 Å². The zero-order valence-electron chi connectivity index (χ0n) is 9.05. The molecule has 1 saturated heterocycles. The lowest BCUT2D eigenvalue weighted by Crippen LogP contribution is -2.38. The van der Waals surface area contributed by atoms with Crippen LogP contribution < -0.4 is 5.32 Å². The molecule has 0 aliphatic carbocycles. The van der Waals surface area contributed by atoms with Gasteiger partial charge in [0.1, 0.15) is 0 Å². The van der Waals surface area contributed by atoms with Gasteiger partial charge in [0.25, 0.3) is 0 Å². The molecule has 0 aromatic rings. The lowest BCUT2D eigenvalue weighted by molar-refractivity contribution is -0.110. The fourth-order valence-corrected chi connectivity index (χ4v) is 3.08. The summed E-state index contributed by atoms with van der Waals surface area (Å²) in [5.41, 5.74) is 0. The van der Waals surface area contributed by atoms with Gasteiger partial charge in [-0.25, -0.2) is 8.42 Å². The molecular weight excluding hydrogens is 216 g/mol. The summed E-state index contributed by atoms with van der Waals surface area (Å²) in [7, 11) is -2.50. The Hall–Kier alpha value is -0.620. The number of nitrogens with zero attached hydrogens (tertiary/aromatic N) is 1. The number of rotatable bonds is 5. The highest BCUT2D eigenvalue weighted by Crippen LogP contribution is 2.26. The van der Waals surface area contributed by atoms with Gasteiger partial charge >= 0.3 is 0 Å². The van der Waals surface area contributed by atoms with Gasteiger partial charge in [0.2, 0.25) is 17.3 Å². The fourth-order valence-electron chi connectivity index (χ4n) is 2.17. The molecule has 15 heavy (non-hydrogen) atoms. The average molecular weight is 234 g/mol. The van der Waals surface area contributed by atoms with Gasteiger partial charge in [-0.15, -0.1) is 0 Å². The topological polar surface area (TPSA) is 66.5 Å². The van der Waals surface area contributed by atoms with Crippen LogP contribution in [0.25, 0.3) is 0 Å². The summed E-state index contributed by atoms with van der Waals surface area (Å²) in [6.07, 6.45) is 3.13. The first-order valence-electron chi connectivity index (χ1n) is 5.18. The number of hydrogen-bond donors (Lipinski definition) is 2. The summed E-state index contributed by atoms with van der Waals surface area (Å²) >= 11 is 0. The number of amides is 1. The van der Waals surface area contributed by atoms with Crippen molar-refractivity contribution in [3.63, 3.8) is 0 Å². The summed E-state index contributed by atoms with van der Waals surface area (Å²) in [4.78, 5) is 10.2. The van der Waals surface area contributed by atoms with Crippen molar-refractivity contribution in [3.8, 4) is 0 Å². The molecular formula is C9H18N2O3S. The zero-order chi connectivity index (χ0) is 11.4. The smallest absolute Gasteiger partial charge is 0.207 e. The van der Waals surface area contributed by atoms with Crippen LogP contribution in [0, 0.1) is 0 Å². The van der Waals surface area contributed by atoms with E-state index in [0.29, 0.717) is 12.8 Å². The molecule has 1 rings (SSSR count). The van der Waals surface area contributed by atoms with Gasteiger partial charge in [0.15, 0.2) is 0 Å². The van der Waals surface area contributed by atoms with Gasteiger partial charge < -0.3 is 5.32 Å². The zero-order valence-corrected chi connectivity index (χ0v) is 9.94. The van der Waals surface area contributed by atoms with Crippen molar-refractivity contribution in [1.82, 2.24) is 9.62 Å². The maximum atomic E-state index is 11.0. The van der Waals surface area contributed by atoms with Crippen molar-refractivity contribution in [2.45, 2.75) is 51.2 Å². The molecule has 0 bridgehead atoms. The van der Waals surface area contributed by atoms with Crippen molar-refractivity contribution in [1.29, 1.82) is 0 Å². The first kappa shape index (κ1) is 12.4. The van der Waals surface area contributed by atoms with Crippen LogP contribution in [-0.2, 0) is 15.7 Å². The molecule has 2 unspecified atom stereocenters. The lowest BCUT2D eigenvalue weighted by Gasteiger charge is -2.23. The van der Waals surface area contributed by atoms with E-state index in [4.69, 9.17) is 0 Å². The third-order valence-corrected chi connectivity index (χ3v) is 4.01. The minimum atomic E-state index is -2.50. The maximum Gasteiger partial charge on any atom is 0.207 e. The molecule has 1 N–H and O–H groups in total. The van der Waals surface area contributed by atoms with Gasteiger partial charge in [-0.3, -0.25) is 4.79 Å². The van der Waals surface area contributed by atoms with E-state index in [2.05, 4.69) is 5.32 Å². The van der Waals surface area contributed by atoms with Crippen LogP contribution >= 0.6 is 0 Å². The van der Waals surface area contributed by atoms with E-state index >= 15 is 0 Å². The summed E-state index contributed by atoms with van der Waals surface area (Å²) < 4.78 is 23.6. The Kier molecular flexibility index (Phi) is 4.53. The molecule has 1 amide bonds. The van der Waals surface area contributed by atoms with Gasteiger partial charge in [-0.05, 0) is 33.1 Å². The maximum absolute atomic E-state index is 11.0. The van der Waals surface area contributed by atoms with Gasteiger partial charge in [-0.1, -0.05) is 0 Å². The Balaban J connectivity index is 2.57. The molecule has 1 aliphatic heterocycles. The SMILES string of the molecule is CC1CCC(C[C@H](C)NC=O)N1[SH](=O)=O. The molecule has 5 nitrogen and oxygen atoms in total. The predicted octanol–water partition coefficient (Wildman–Crippen LogP) is -0.110. The van der Waals surface area contributed by atoms with Gasteiger partial charge in [0.05, 0.1) is 0 Å². The molecule has 6 heteroatoms. The van der Waals surface area contributed by atoms with Crippen LogP contribution in [0.5, 0.6) is 0 Å². The highest BCUT2D eigenvalue weighted by Gasteiger charge is 2.33. The molecule has 1 aliphatic rings. The van der Waals surface area contributed by atoms with E-state index in [1.54, 1.807) is 0 Å². The van der Waals surface area contributed by atoms with Crippen LogP contribution in [0.15, 0.2) is 0 Å². The number of carbonyl (C=O) groups is 1. The summed E-state index contributed by atoms with van der Waals surface area (Å²) in [5, 5.41) is 2.64. The molecule has 0 radical (unpaired) electrons. The molecule has 0 aromatic carbocycles. The monoisotopic (exact) mass is 234 g/mol. The van der Waals surface area contributed by atoms with Crippen molar-refractivity contribution in [2.24, 2.45) is 0 Å². The second kappa shape index (κ2) is 5.46. The van der Waals surface area contributed by atoms with E-state index in [1.165, 1.54) is 4.31 Å². The summed E-state index contributed by atoms with van der Waals surface area (Å²) in [5.74, 6) is 0. The quantitative estimate of drug-likeness (QED) is 0.515. The molecule has 3 atom stereocenters. The van der Waals surface area contributed by atoms with Crippen LogP contribution in [0.2, 0.25) is 0 Å². The van der Waals surface area contributed by atoms with E-state index in [-0.39, 0.29) is 18.1 Å². The van der Waals surface area contributed by atoms with E-state index in [0.717, 1.165) is 12.8 Å². The standard InChI is InChI=1S/C9H18N2O3S/c1-7(10-6-12)5-9-4-3-8(2)11(9)15(13)14/h6-9,15H,3-5H2,1-2H3,(H,10,12)/t7-,8?,9?/m0/s1. The second-order valence-electron chi connectivity index (χ2n) is 4.12. The van der Waals surface area contributed by atoms with E-state index in [1.807, 2.05) is 13.8 Å². The van der Waals surface area contributed by atoms with Crippen molar-refractivity contribution in [3.05, 3.63) is 0 Å². The fraction of sp³-hybridized carbons (Fsp3) is 0.889. The van der Waals surface area contributed by atoms with Gasteiger partial charge in [0, 0.05) is 18.1 Å². The van der Waals surface area contributed by atoms with Crippen LogP contribution in [-0.4, -0.2) is 37.3 Å². The molecule has 88 valence electrons. The Morgan fingerprint density at radius 3 is 2.73 bits per heavy atom. The largest absolute Gasteiger partial charge is 0.356 e. The molecule has 0 saturated carbocycles. The van der Waals surface area contributed by atoms with E-state index < -0.39 is 10.9 Å². The number of carbonyl (C=O) groups excluding carboxylic acids is 1. The second-order valence-corrected chi connectivity index (χ2v) is 5.06. The first-order valence-corrected chi connectivity index (χ1v) is 6.31. The lowest BCUT2D eigenvalue weighted by atomic mass is 10.1. The number of hydrogen-bond acceptors (Lipinski definition) is 3. The Labute approximate surface area is 91.9 Å². The third-order valence-electron chi connectivity index (χ3n) is 2.91. The third kappa shape index (κ3) is 3.17. The van der Waals surface area contributed by atoms with Crippen molar-refractivity contribution < 1.29 is 13.2 Å².